The molecule has 0 saturated carbocycles. The number of anilines is 1. The molecule has 10 heteroatoms. The van der Waals surface area contributed by atoms with Gasteiger partial charge in [0.2, 0.25) is 23.7 Å². The highest BCUT2D eigenvalue weighted by Gasteiger charge is 2.43. The van der Waals surface area contributed by atoms with Gasteiger partial charge in [0.15, 0.2) is 0 Å². The Bertz CT molecular complexity index is 1050. The Morgan fingerprint density at radius 3 is 2.51 bits per heavy atom. The Kier molecular flexibility index (Phi) is 9.78. The largest absolute Gasteiger partial charge is 0.353 e. The van der Waals surface area contributed by atoms with Gasteiger partial charge in [0, 0.05) is 83.1 Å². The van der Waals surface area contributed by atoms with Crippen molar-refractivity contribution in [2.24, 2.45) is 23.7 Å². The van der Waals surface area contributed by atoms with Gasteiger partial charge in [-0.05, 0) is 61.8 Å². The number of amides is 3. The van der Waals surface area contributed by atoms with E-state index in [2.05, 4.69) is 55.7 Å². The fraction of sp³-hybridized carbons (Fsp3) is 0.774. The molecule has 4 aliphatic rings. The van der Waals surface area contributed by atoms with Crippen LogP contribution in [0.4, 0.5) is 5.95 Å². The third-order valence-electron chi connectivity index (χ3n) is 9.76. The van der Waals surface area contributed by atoms with Crippen LogP contribution < -0.4 is 10.2 Å². The van der Waals surface area contributed by atoms with E-state index >= 15 is 0 Å². The van der Waals surface area contributed by atoms with E-state index in [0.717, 1.165) is 77.3 Å². The first-order valence-electron chi connectivity index (χ1n) is 15.9. The summed E-state index contributed by atoms with van der Waals surface area (Å²) >= 11 is 0. The van der Waals surface area contributed by atoms with Crippen molar-refractivity contribution in [3.63, 3.8) is 0 Å². The monoisotopic (exact) mass is 567 g/mol. The number of carbonyl (C=O) groups is 3. The van der Waals surface area contributed by atoms with Crippen molar-refractivity contribution < 1.29 is 14.4 Å². The van der Waals surface area contributed by atoms with Gasteiger partial charge < -0.3 is 20.0 Å². The van der Waals surface area contributed by atoms with Crippen LogP contribution in [0.25, 0.3) is 0 Å². The quantitative estimate of drug-likeness (QED) is 0.596. The van der Waals surface area contributed by atoms with Gasteiger partial charge in [-0.2, -0.15) is 0 Å². The summed E-state index contributed by atoms with van der Waals surface area (Å²) in [6.45, 7) is 12.3. The molecule has 3 amide bonds. The van der Waals surface area contributed by atoms with Crippen molar-refractivity contribution in [2.75, 3.05) is 57.3 Å². The highest BCUT2D eigenvalue weighted by molar-refractivity contribution is 5.79. The number of fused-ring (bicyclic) bond motifs is 4. The van der Waals surface area contributed by atoms with Crippen molar-refractivity contribution in [3.05, 3.63) is 18.5 Å². The Morgan fingerprint density at radius 1 is 1.02 bits per heavy atom. The molecule has 5 rings (SSSR count). The molecule has 0 spiro atoms. The number of likely N-dealkylation sites (tertiary alicyclic amines) is 1. The van der Waals surface area contributed by atoms with Crippen LogP contribution in [0.3, 0.4) is 0 Å². The maximum Gasteiger partial charge on any atom is 0.236 e. The first kappa shape index (κ1) is 29.7. The van der Waals surface area contributed by atoms with E-state index in [0.29, 0.717) is 37.8 Å². The second kappa shape index (κ2) is 13.5. The molecule has 5 atom stereocenters. The molecule has 5 heterocycles. The minimum absolute atomic E-state index is 0.102. The highest BCUT2D eigenvalue weighted by atomic mass is 16.2. The maximum absolute atomic E-state index is 13.6. The number of piperidine rings is 2. The minimum Gasteiger partial charge on any atom is -0.353 e. The molecule has 4 fully saturated rings. The van der Waals surface area contributed by atoms with E-state index in [1.807, 2.05) is 6.07 Å². The lowest BCUT2D eigenvalue weighted by atomic mass is 9.77. The molecule has 1 N–H and O–H groups in total. The van der Waals surface area contributed by atoms with Crippen molar-refractivity contribution in [1.82, 2.24) is 30.0 Å². The van der Waals surface area contributed by atoms with Gasteiger partial charge in [-0.3, -0.25) is 19.3 Å². The molecule has 2 bridgehead atoms. The van der Waals surface area contributed by atoms with Crippen molar-refractivity contribution in [3.8, 4) is 0 Å². The van der Waals surface area contributed by atoms with Crippen LogP contribution >= 0.6 is 0 Å². The van der Waals surface area contributed by atoms with Gasteiger partial charge in [0.05, 0.1) is 6.54 Å². The average molecular weight is 568 g/mol. The van der Waals surface area contributed by atoms with Crippen LogP contribution in [-0.2, 0) is 14.4 Å². The van der Waals surface area contributed by atoms with Gasteiger partial charge in [-0.1, -0.05) is 20.8 Å². The molecule has 1 aromatic heterocycles. The molecule has 226 valence electrons. The first-order chi connectivity index (χ1) is 19.8. The summed E-state index contributed by atoms with van der Waals surface area (Å²) in [6.07, 6.45) is 9.10. The van der Waals surface area contributed by atoms with E-state index in [1.54, 1.807) is 12.4 Å². The van der Waals surface area contributed by atoms with Gasteiger partial charge in [-0.25, -0.2) is 9.97 Å². The van der Waals surface area contributed by atoms with Gasteiger partial charge in [-0.15, -0.1) is 0 Å². The SMILES string of the molecule is CC(C)[C@@H]1CC[C@@H](C)CC(=O)N2C[C@H]3C[C@@H](CN(C(=O)CN4CCN(c5ncccn5)CC4)C3)[C@@H]2CCCC(=O)N1. The lowest BCUT2D eigenvalue weighted by Gasteiger charge is -2.51. The number of hydrogen-bond donors (Lipinski definition) is 1. The van der Waals surface area contributed by atoms with Crippen LogP contribution in [-0.4, -0.2) is 107 Å². The Morgan fingerprint density at radius 2 is 1.78 bits per heavy atom. The standard InChI is InChI=1S/C31H49N7O3/c1-22(2)26-9-8-23(3)16-29(40)38-19-24-17-25(27(38)6-4-7-28(39)34-26)20-37(18-24)30(41)21-35-12-14-36(15-13-35)31-32-10-5-11-33-31/h5,10-11,22-27H,4,6-9,12-21H2,1-3H3,(H,34,39)/t23-,24+,25+,26+,27+/m1/s1. The molecule has 1 aromatic rings. The summed E-state index contributed by atoms with van der Waals surface area (Å²) in [5.41, 5.74) is 0. The summed E-state index contributed by atoms with van der Waals surface area (Å²) < 4.78 is 0. The number of hydrogen-bond acceptors (Lipinski definition) is 7. The molecule has 4 aliphatic heterocycles. The molecule has 4 saturated heterocycles. The predicted molar refractivity (Wildman–Crippen MR) is 158 cm³/mol. The molecule has 0 aliphatic carbocycles. The van der Waals surface area contributed by atoms with Crippen LogP contribution in [0, 0.1) is 23.7 Å². The lowest BCUT2D eigenvalue weighted by molar-refractivity contribution is -0.146. The maximum atomic E-state index is 13.6. The lowest BCUT2D eigenvalue weighted by Crippen LogP contribution is -2.61. The van der Waals surface area contributed by atoms with E-state index < -0.39 is 0 Å². The second-order valence-electron chi connectivity index (χ2n) is 13.3. The zero-order chi connectivity index (χ0) is 28.9. The molecule has 0 radical (unpaired) electrons. The smallest absolute Gasteiger partial charge is 0.236 e. The van der Waals surface area contributed by atoms with E-state index in [9.17, 15) is 14.4 Å². The number of nitrogens with one attached hydrogen (secondary N) is 1. The van der Waals surface area contributed by atoms with Crippen molar-refractivity contribution >= 4 is 23.7 Å². The summed E-state index contributed by atoms with van der Waals surface area (Å²) in [5, 5.41) is 3.27. The molecular weight excluding hydrogens is 518 g/mol. The van der Waals surface area contributed by atoms with Crippen molar-refractivity contribution in [1.29, 1.82) is 0 Å². The molecule has 41 heavy (non-hydrogen) atoms. The summed E-state index contributed by atoms with van der Waals surface area (Å²) in [7, 11) is 0. The zero-order valence-electron chi connectivity index (χ0n) is 25.2. The topological polar surface area (TPSA) is 102 Å². The van der Waals surface area contributed by atoms with Crippen LogP contribution in [0.5, 0.6) is 0 Å². The average Bonchev–Trinajstić information content (AvgIpc) is 2.97. The van der Waals surface area contributed by atoms with Gasteiger partial charge in [0.25, 0.3) is 0 Å². The van der Waals surface area contributed by atoms with Crippen LogP contribution in [0.1, 0.15) is 65.7 Å². The van der Waals surface area contributed by atoms with Gasteiger partial charge >= 0.3 is 0 Å². The van der Waals surface area contributed by atoms with E-state index in [4.69, 9.17) is 0 Å². The summed E-state index contributed by atoms with van der Waals surface area (Å²) in [5.74, 6) is 2.60. The number of nitrogens with zero attached hydrogens (tertiary/aromatic N) is 6. The van der Waals surface area contributed by atoms with E-state index in [1.165, 1.54) is 0 Å². The molecule has 0 aromatic carbocycles. The number of carbonyl (C=O) groups excluding carboxylic acids is 3. The molecule has 10 nitrogen and oxygen atoms in total. The van der Waals surface area contributed by atoms with Crippen LogP contribution in [0.15, 0.2) is 18.5 Å². The van der Waals surface area contributed by atoms with Gasteiger partial charge in [0.1, 0.15) is 0 Å². The fourth-order valence-corrected chi connectivity index (χ4v) is 7.36. The number of piperazine rings is 1. The third kappa shape index (κ3) is 7.56. The molecule has 0 unspecified atom stereocenters. The highest BCUT2D eigenvalue weighted by Crippen LogP contribution is 2.36. The van der Waals surface area contributed by atoms with Crippen LogP contribution in [0.2, 0.25) is 0 Å². The first-order valence-corrected chi connectivity index (χ1v) is 15.9. The minimum atomic E-state index is 0.102. The normalized spacial score (nSPS) is 30.6. The Hall–Kier alpha value is -2.75. The number of rotatable bonds is 4. The third-order valence-corrected chi connectivity index (χ3v) is 9.76. The van der Waals surface area contributed by atoms with Crippen molar-refractivity contribution in [2.45, 2.75) is 77.8 Å². The zero-order valence-corrected chi connectivity index (χ0v) is 25.2. The Labute approximate surface area is 245 Å². The predicted octanol–water partition coefficient (Wildman–Crippen LogP) is 2.41. The second-order valence-corrected chi connectivity index (χ2v) is 13.3. The Balaban J connectivity index is 1.19. The van der Waals surface area contributed by atoms with E-state index in [-0.39, 0.29) is 41.6 Å². The summed E-state index contributed by atoms with van der Waals surface area (Å²) in [6, 6.07) is 2.09. The number of aromatic nitrogens is 2. The molecular formula is C31H49N7O3. The summed E-state index contributed by atoms with van der Waals surface area (Å²) in [4.78, 5) is 57.3. The fourth-order valence-electron chi connectivity index (χ4n) is 7.36.